The van der Waals surface area contributed by atoms with E-state index >= 15 is 0 Å². The molecular formula is C10H13NO3S. The average molecular weight is 227 g/mol. The summed E-state index contributed by atoms with van der Waals surface area (Å²) in [6.45, 7) is 1.76. The number of sulfone groups is 1. The molecule has 82 valence electrons. The Kier molecular flexibility index (Phi) is 3.14. The molecule has 1 amide bonds. The first kappa shape index (κ1) is 11.7. The lowest BCUT2D eigenvalue weighted by Gasteiger charge is -2.06. The Balaban J connectivity index is 3.36. The standard InChI is InChI=1S/C10H13NO3S/c1-7-4-5-8(15(3,13)14)6-9(7)10(12)11-2/h4-6H,1-3H3,(H,11,12). The normalized spacial score (nSPS) is 11.1. The maximum Gasteiger partial charge on any atom is 0.251 e. The van der Waals surface area contributed by atoms with Gasteiger partial charge < -0.3 is 5.32 Å². The molecule has 0 saturated heterocycles. The molecule has 0 spiro atoms. The van der Waals surface area contributed by atoms with Gasteiger partial charge in [-0.2, -0.15) is 0 Å². The molecule has 1 N–H and O–H groups in total. The number of rotatable bonds is 2. The van der Waals surface area contributed by atoms with Crippen LogP contribution in [0.5, 0.6) is 0 Å². The second-order valence-corrected chi connectivity index (χ2v) is 5.34. The summed E-state index contributed by atoms with van der Waals surface area (Å²) < 4.78 is 22.6. The zero-order valence-corrected chi connectivity index (χ0v) is 9.68. The van der Waals surface area contributed by atoms with E-state index in [-0.39, 0.29) is 10.8 Å². The summed E-state index contributed by atoms with van der Waals surface area (Å²) in [7, 11) is -1.76. The zero-order chi connectivity index (χ0) is 11.6. The van der Waals surface area contributed by atoms with Crippen molar-refractivity contribution in [2.75, 3.05) is 13.3 Å². The van der Waals surface area contributed by atoms with Crippen molar-refractivity contribution in [2.45, 2.75) is 11.8 Å². The van der Waals surface area contributed by atoms with Crippen LogP contribution in [0.25, 0.3) is 0 Å². The Bertz CT molecular complexity index is 491. The Morgan fingerprint density at radius 2 is 1.93 bits per heavy atom. The van der Waals surface area contributed by atoms with Crippen molar-refractivity contribution in [3.05, 3.63) is 29.3 Å². The SMILES string of the molecule is CNC(=O)c1cc(S(C)(=O)=O)ccc1C. The highest BCUT2D eigenvalue weighted by atomic mass is 32.2. The van der Waals surface area contributed by atoms with Crippen LogP contribution < -0.4 is 5.32 Å². The van der Waals surface area contributed by atoms with E-state index in [0.29, 0.717) is 5.56 Å². The number of benzene rings is 1. The topological polar surface area (TPSA) is 63.2 Å². The lowest BCUT2D eigenvalue weighted by molar-refractivity contribution is 0.0962. The molecule has 4 nitrogen and oxygen atoms in total. The first-order valence-corrected chi connectivity index (χ1v) is 6.28. The molecule has 1 aromatic rings. The van der Waals surface area contributed by atoms with Gasteiger partial charge in [-0.15, -0.1) is 0 Å². The van der Waals surface area contributed by atoms with Crippen molar-refractivity contribution in [2.24, 2.45) is 0 Å². The van der Waals surface area contributed by atoms with Crippen LogP contribution in [0.1, 0.15) is 15.9 Å². The smallest absolute Gasteiger partial charge is 0.251 e. The second-order valence-electron chi connectivity index (χ2n) is 3.33. The van der Waals surface area contributed by atoms with Crippen LogP contribution >= 0.6 is 0 Å². The van der Waals surface area contributed by atoms with Crippen LogP contribution in [0, 0.1) is 6.92 Å². The largest absolute Gasteiger partial charge is 0.355 e. The number of hydrogen-bond donors (Lipinski definition) is 1. The third-order valence-electron chi connectivity index (χ3n) is 2.11. The molecule has 5 heteroatoms. The minimum atomic E-state index is -3.26. The summed E-state index contributed by atoms with van der Waals surface area (Å²) in [5.74, 6) is -0.280. The van der Waals surface area contributed by atoms with E-state index in [2.05, 4.69) is 5.32 Å². The molecule has 0 saturated carbocycles. The highest BCUT2D eigenvalue weighted by Crippen LogP contribution is 2.15. The third-order valence-corrected chi connectivity index (χ3v) is 3.22. The van der Waals surface area contributed by atoms with Gasteiger partial charge in [0.15, 0.2) is 9.84 Å². The van der Waals surface area contributed by atoms with E-state index in [1.807, 2.05) is 0 Å². The van der Waals surface area contributed by atoms with E-state index in [9.17, 15) is 13.2 Å². The molecule has 1 aromatic carbocycles. The molecule has 0 unspecified atom stereocenters. The molecule has 0 aliphatic heterocycles. The van der Waals surface area contributed by atoms with E-state index in [1.165, 1.54) is 19.2 Å². The molecule has 0 radical (unpaired) electrons. The van der Waals surface area contributed by atoms with Crippen LogP contribution in [0.3, 0.4) is 0 Å². The van der Waals surface area contributed by atoms with Gasteiger partial charge in [0, 0.05) is 18.9 Å². The number of carbonyl (C=O) groups is 1. The molecule has 0 bridgehead atoms. The molecule has 0 aliphatic rings. The fourth-order valence-electron chi connectivity index (χ4n) is 1.21. The predicted octanol–water partition coefficient (Wildman–Crippen LogP) is 0.758. The fraction of sp³-hybridized carbons (Fsp3) is 0.300. The van der Waals surface area contributed by atoms with Crippen LogP contribution in [0.4, 0.5) is 0 Å². The van der Waals surface area contributed by atoms with Crippen LogP contribution in [0.15, 0.2) is 23.1 Å². The van der Waals surface area contributed by atoms with Gasteiger partial charge in [0.1, 0.15) is 0 Å². The number of hydrogen-bond acceptors (Lipinski definition) is 3. The third kappa shape index (κ3) is 2.56. The Hall–Kier alpha value is -1.36. The zero-order valence-electron chi connectivity index (χ0n) is 8.87. The van der Waals surface area contributed by atoms with Crippen molar-refractivity contribution in [1.29, 1.82) is 0 Å². The molecule has 0 aromatic heterocycles. The predicted molar refractivity (Wildman–Crippen MR) is 57.7 cm³/mol. The van der Waals surface area contributed by atoms with Crippen LogP contribution in [0.2, 0.25) is 0 Å². The van der Waals surface area contributed by atoms with E-state index in [1.54, 1.807) is 13.0 Å². The van der Waals surface area contributed by atoms with Crippen molar-refractivity contribution in [1.82, 2.24) is 5.32 Å². The number of aryl methyl sites for hydroxylation is 1. The monoisotopic (exact) mass is 227 g/mol. The van der Waals surface area contributed by atoms with Crippen LogP contribution in [-0.2, 0) is 9.84 Å². The highest BCUT2D eigenvalue weighted by Gasteiger charge is 2.12. The lowest BCUT2D eigenvalue weighted by atomic mass is 10.1. The molecule has 0 aliphatic carbocycles. The molecule has 0 fully saturated rings. The fourth-order valence-corrected chi connectivity index (χ4v) is 1.86. The van der Waals surface area contributed by atoms with Gasteiger partial charge >= 0.3 is 0 Å². The van der Waals surface area contributed by atoms with Gasteiger partial charge in [0.2, 0.25) is 0 Å². The first-order chi connectivity index (χ1) is 6.86. The molecule has 15 heavy (non-hydrogen) atoms. The quantitative estimate of drug-likeness (QED) is 0.811. The summed E-state index contributed by atoms with van der Waals surface area (Å²) in [4.78, 5) is 11.6. The number of carbonyl (C=O) groups excluding carboxylic acids is 1. The Labute approximate surface area is 89.2 Å². The van der Waals surface area contributed by atoms with E-state index in [0.717, 1.165) is 11.8 Å². The molecular weight excluding hydrogens is 214 g/mol. The van der Waals surface area contributed by atoms with E-state index < -0.39 is 9.84 Å². The number of amides is 1. The summed E-state index contributed by atoms with van der Waals surface area (Å²) in [6, 6.07) is 4.52. The maximum absolute atomic E-state index is 11.4. The lowest BCUT2D eigenvalue weighted by Crippen LogP contribution is -2.19. The minimum Gasteiger partial charge on any atom is -0.355 e. The van der Waals surface area contributed by atoms with Crippen molar-refractivity contribution >= 4 is 15.7 Å². The van der Waals surface area contributed by atoms with Gasteiger partial charge in [-0.1, -0.05) is 6.07 Å². The highest BCUT2D eigenvalue weighted by molar-refractivity contribution is 7.90. The summed E-state index contributed by atoms with van der Waals surface area (Å²) in [5, 5.41) is 2.47. The Morgan fingerprint density at radius 3 is 2.40 bits per heavy atom. The average Bonchev–Trinajstić information content (AvgIpc) is 2.15. The van der Waals surface area contributed by atoms with Crippen molar-refractivity contribution < 1.29 is 13.2 Å². The van der Waals surface area contributed by atoms with Gasteiger partial charge in [0.25, 0.3) is 5.91 Å². The molecule has 0 heterocycles. The maximum atomic E-state index is 11.4. The van der Waals surface area contributed by atoms with Crippen molar-refractivity contribution in [3.63, 3.8) is 0 Å². The van der Waals surface area contributed by atoms with E-state index in [4.69, 9.17) is 0 Å². The molecule has 1 rings (SSSR count). The van der Waals surface area contributed by atoms with Gasteiger partial charge in [-0.3, -0.25) is 4.79 Å². The summed E-state index contributed by atoms with van der Waals surface area (Å²) in [5.41, 5.74) is 1.14. The van der Waals surface area contributed by atoms with Gasteiger partial charge in [-0.05, 0) is 24.6 Å². The summed E-state index contributed by atoms with van der Waals surface area (Å²) in [6.07, 6.45) is 1.12. The first-order valence-electron chi connectivity index (χ1n) is 4.39. The number of nitrogens with one attached hydrogen (secondary N) is 1. The van der Waals surface area contributed by atoms with Gasteiger partial charge in [0.05, 0.1) is 4.90 Å². The second kappa shape index (κ2) is 4.02. The van der Waals surface area contributed by atoms with Crippen molar-refractivity contribution in [3.8, 4) is 0 Å². The Morgan fingerprint density at radius 1 is 1.33 bits per heavy atom. The molecule has 0 atom stereocenters. The van der Waals surface area contributed by atoms with Gasteiger partial charge in [-0.25, -0.2) is 8.42 Å². The summed E-state index contributed by atoms with van der Waals surface area (Å²) >= 11 is 0. The minimum absolute atomic E-state index is 0.159. The van der Waals surface area contributed by atoms with Crippen LogP contribution in [-0.4, -0.2) is 27.6 Å².